The Morgan fingerprint density at radius 1 is 1.15 bits per heavy atom. The molecule has 1 aromatic carbocycles. The van der Waals surface area contributed by atoms with Crippen LogP contribution in [0.1, 0.15) is 20.7 Å². The van der Waals surface area contributed by atoms with Crippen molar-refractivity contribution in [3.05, 3.63) is 35.4 Å². The van der Waals surface area contributed by atoms with E-state index in [0.717, 1.165) is 0 Å². The minimum atomic E-state index is -4.39. The first-order valence-electron chi connectivity index (χ1n) is 5.55. The van der Waals surface area contributed by atoms with Crippen molar-refractivity contribution < 1.29 is 32.6 Å². The molecule has 0 saturated heterocycles. The fourth-order valence-electron chi connectivity index (χ4n) is 1.29. The van der Waals surface area contributed by atoms with Crippen LogP contribution in [-0.4, -0.2) is 42.9 Å². The Morgan fingerprint density at radius 2 is 1.70 bits per heavy atom. The van der Waals surface area contributed by atoms with E-state index in [9.17, 15) is 22.8 Å². The van der Waals surface area contributed by atoms with E-state index in [2.05, 4.69) is 10.1 Å². The summed E-state index contributed by atoms with van der Waals surface area (Å²) in [6.07, 6.45) is -4.39. The summed E-state index contributed by atoms with van der Waals surface area (Å²) in [6, 6.07) is 5.15. The number of aromatic carboxylic acids is 1. The predicted octanol–water partition coefficient (Wildman–Crippen LogP) is 1.69. The van der Waals surface area contributed by atoms with Gasteiger partial charge in [-0.05, 0) is 24.3 Å². The third kappa shape index (κ3) is 5.70. The van der Waals surface area contributed by atoms with Gasteiger partial charge in [0.2, 0.25) is 0 Å². The van der Waals surface area contributed by atoms with Crippen LogP contribution in [0.4, 0.5) is 13.2 Å². The van der Waals surface area contributed by atoms with Crippen molar-refractivity contribution in [1.29, 1.82) is 0 Å². The van der Waals surface area contributed by atoms with Crippen LogP contribution in [0.3, 0.4) is 0 Å². The van der Waals surface area contributed by atoms with E-state index in [1.54, 1.807) is 0 Å². The molecule has 5 nitrogen and oxygen atoms in total. The molecule has 0 atom stereocenters. The molecule has 0 aliphatic rings. The summed E-state index contributed by atoms with van der Waals surface area (Å²) >= 11 is 0. The Bertz CT molecular complexity index is 471. The number of hydrogen-bond donors (Lipinski definition) is 2. The van der Waals surface area contributed by atoms with E-state index in [4.69, 9.17) is 5.11 Å². The van der Waals surface area contributed by atoms with Crippen molar-refractivity contribution in [3.63, 3.8) is 0 Å². The Hall–Kier alpha value is -2.09. The first-order valence-corrected chi connectivity index (χ1v) is 5.55. The van der Waals surface area contributed by atoms with Gasteiger partial charge in [-0.25, -0.2) is 4.79 Å². The minimum Gasteiger partial charge on any atom is -0.478 e. The lowest BCUT2D eigenvalue weighted by Gasteiger charge is -2.08. The molecule has 2 N–H and O–H groups in total. The molecule has 1 aromatic rings. The highest BCUT2D eigenvalue weighted by Crippen LogP contribution is 2.13. The molecule has 0 aromatic heterocycles. The van der Waals surface area contributed by atoms with Gasteiger partial charge in [0.15, 0.2) is 0 Å². The molecule has 0 spiro atoms. The van der Waals surface area contributed by atoms with Gasteiger partial charge < -0.3 is 15.2 Å². The Balaban J connectivity index is 2.34. The average molecular weight is 291 g/mol. The average Bonchev–Trinajstić information content (AvgIpc) is 2.37. The second-order valence-electron chi connectivity index (χ2n) is 3.81. The van der Waals surface area contributed by atoms with Crippen LogP contribution in [0, 0.1) is 0 Å². The number of carbonyl (C=O) groups excluding carboxylic acids is 1. The second-order valence-corrected chi connectivity index (χ2v) is 3.81. The number of alkyl halides is 3. The summed E-state index contributed by atoms with van der Waals surface area (Å²) in [4.78, 5) is 22.1. The Kier molecular flexibility index (Phi) is 5.51. The predicted molar refractivity (Wildman–Crippen MR) is 62.6 cm³/mol. The van der Waals surface area contributed by atoms with E-state index >= 15 is 0 Å². The zero-order valence-corrected chi connectivity index (χ0v) is 10.2. The van der Waals surface area contributed by atoms with Gasteiger partial charge in [-0.2, -0.15) is 13.2 Å². The van der Waals surface area contributed by atoms with E-state index in [1.807, 2.05) is 0 Å². The van der Waals surface area contributed by atoms with E-state index < -0.39 is 24.7 Å². The summed E-state index contributed by atoms with van der Waals surface area (Å²) in [5.74, 6) is -1.63. The monoisotopic (exact) mass is 291 g/mol. The van der Waals surface area contributed by atoms with Gasteiger partial charge in [0.25, 0.3) is 5.91 Å². The molecule has 0 bridgehead atoms. The molecule has 1 amide bonds. The first kappa shape index (κ1) is 16.0. The largest absolute Gasteiger partial charge is 0.478 e. The number of carbonyl (C=O) groups is 2. The zero-order chi connectivity index (χ0) is 15.2. The zero-order valence-electron chi connectivity index (χ0n) is 10.2. The summed E-state index contributed by atoms with van der Waals surface area (Å²) in [5, 5.41) is 11.0. The summed E-state index contributed by atoms with van der Waals surface area (Å²) in [5.41, 5.74) is 0.251. The number of hydrogen-bond acceptors (Lipinski definition) is 3. The Labute approximate surface area is 112 Å². The highest BCUT2D eigenvalue weighted by molar-refractivity contribution is 5.95. The van der Waals surface area contributed by atoms with Gasteiger partial charge in [-0.1, -0.05) is 0 Å². The van der Waals surface area contributed by atoms with Crippen LogP contribution in [0.2, 0.25) is 0 Å². The number of carboxylic acid groups (broad SMARTS) is 1. The highest BCUT2D eigenvalue weighted by atomic mass is 19.4. The second kappa shape index (κ2) is 6.90. The quantitative estimate of drug-likeness (QED) is 0.782. The standard InChI is InChI=1S/C12H12F3NO4/c13-12(14,15)7-20-6-5-16-10(17)8-1-3-9(4-2-8)11(18)19/h1-4H,5-7H2,(H,16,17)(H,18,19). The lowest BCUT2D eigenvalue weighted by atomic mass is 10.1. The number of rotatable bonds is 6. The van der Waals surface area contributed by atoms with Crippen molar-refractivity contribution in [3.8, 4) is 0 Å². The number of amides is 1. The van der Waals surface area contributed by atoms with Crippen molar-refractivity contribution in [2.75, 3.05) is 19.8 Å². The normalized spacial score (nSPS) is 11.2. The lowest BCUT2D eigenvalue weighted by molar-refractivity contribution is -0.173. The third-order valence-electron chi connectivity index (χ3n) is 2.19. The van der Waals surface area contributed by atoms with Crippen molar-refractivity contribution in [2.24, 2.45) is 0 Å². The van der Waals surface area contributed by atoms with Gasteiger partial charge >= 0.3 is 12.1 Å². The lowest BCUT2D eigenvalue weighted by Crippen LogP contribution is -2.28. The molecule has 0 aliphatic heterocycles. The molecule has 0 saturated carbocycles. The molecule has 0 fully saturated rings. The van der Waals surface area contributed by atoms with Crippen LogP contribution in [0.5, 0.6) is 0 Å². The van der Waals surface area contributed by atoms with E-state index in [0.29, 0.717) is 0 Å². The van der Waals surface area contributed by atoms with Gasteiger partial charge in [0.1, 0.15) is 6.61 Å². The summed E-state index contributed by atoms with van der Waals surface area (Å²) in [7, 11) is 0. The topological polar surface area (TPSA) is 75.6 Å². The van der Waals surface area contributed by atoms with Crippen molar-refractivity contribution in [2.45, 2.75) is 6.18 Å². The van der Waals surface area contributed by atoms with Crippen molar-refractivity contribution in [1.82, 2.24) is 5.32 Å². The molecule has 0 unspecified atom stereocenters. The number of benzene rings is 1. The maximum Gasteiger partial charge on any atom is 0.411 e. The maximum atomic E-state index is 11.7. The maximum absolute atomic E-state index is 11.7. The third-order valence-corrected chi connectivity index (χ3v) is 2.19. The molecule has 0 radical (unpaired) electrons. The van der Waals surface area contributed by atoms with Gasteiger partial charge in [-0.3, -0.25) is 4.79 Å². The molecule has 0 heterocycles. The molecular formula is C12H12F3NO4. The van der Waals surface area contributed by atoms with Crippen LogP contribution in [-0.2, 0) is 4.74 Å². The molecular weight excluding hydrogens is 279 g/mol. The number of ether oxygens (including phenoxy) is 1. The van der Waals surface area contributed by atoms with Gasteiger partial charge in [0, 0.05) is 12.1 Å². The SMILES string of the molecule is O=C(O)c1ccc(C(=O)NCCOCC(F)(F)F)cc1. The molecule has 110 valence electrons. The van der Waals surface area contributed by atoms with E-state index in [1.165, 1.54) is 24.3 Å². The molecule has 20 heavy (non-hydrogen) atoms. The molecule has 0 aliphatic carbocycles. The van der Waals surface area contributed by atoms with Gasteiger partial charge in [0.05, 0.1) is 12.2 Å². The number of carboxylic acids is 1. The van der Waals surface area contributed by atoms with Gasteiger partial charge in [-0.15, -0.1) is 0 Å². The van der Waals surface area contributed by atoms with Crippen molar-refractivity contribution >= 4 is 11.9 Å². The number of nitrogens with one attached hydrogen (secondary N) is 1. The molecule has 1 rings (SSSR count). The summed E-state index contributed by atoms with van der Waals surface area (Å²) in [6.45, 7) is -1.70. The Morgan fingerprint density at radius 3 is 2.20 bits per heavy atom. The fraction of sp³-hybridized carbons (Fsp3) is 0.333. The van der Waals surface area contributed by atoms with Crippen LogP contribution in [0.15, 0.2) is 24.3 Å². The van der Waals surface area contributed by atoms with Crippen LogP contribution >= 0.6 is 0 Å². The number of halogens is 3. The van der Waals surface area contributed by atoms with Crippen LogP contribution < -0.4 is 5.32 Å². The minimum absolute atomic E-state index is 0.0371. The highest BCUT2D eigenvalue weighted by Gasteiger charge is 2.27. The fourth-order valence-corrected chi connectivity index (χ4v) is 1.29. The smallest absolute Gasteiger partial charge is 0.411 e. The summed E-state index contributed by atoms with van der Waals surface area (Å²) < 4.78 is 39.6. The first-order chi connectivity index (χ1) is 9.29. The van der Waals surface area contributed by atoms with E-state index in [-0.39, 0.29) is 24.3 Å². The van der Waals surface area contributed by atoms with Crippen LogP contribution in [0.25, 0.3) is 0 Å². The molecule has 8 heteroatoms.